The van der Waals surface area contributed by atoms with Gasteiger partial charge >= 0.3 is 0 Å². The van der Waals surface area contributed by atoms with Crippen LogP contribution in [0.5, 0.6) is 11.5 Å². The van der Waals surface area contributed by atoms with E-state index < -0.39 is 0 Å². The molecule has 30 heavy (non-hydrogen) atoms. The zero-order valence-electron chi connectivity index (χ0n) is 16.9. The van der Waals surface area contributed by atoms with Gasteiger partial charge in [0.1, 0.15) is 0 Å². The molecule has 2 bridgehead atoms. The van der Waals surface area contributed by atoms with Crippen molar-refractivity contribution in [1.29, 1.82) is 0 Å². The minimum atomic E-state index is -0.219. The lowest BCUT2D eigenvalue weighted by Crippen LogP contribution is -2.25. The van der Waals surface area contributed by atoms with Gasteiger partial charge in [0.2, 0.25) is 12.7 Å². The van der Waals surface area contributed by atoms with Gasteiger partial charge in [-0.2, -0.15) is 0 Å². The second-order valence-electron chi connectivity index (χ2n) is 8.60. The molecule has 1 aliphatic heterocycles. The molecule has 2 saturated carbocycles. The average molecular weight is 406 g/mol. The fourth-order valence-corrected chi connectivity index (χ4v) is 5.18. The van der Waals surface area contributed by atoms with Crippen LogP contribution in [-0.2, 0) is 11.3 Å². The summed E-state index contributed by atoms with van der Waals surface area (Å²) < 4.78 is 10.7. The lowest BCUT2D eigenvalue weighted by molar-refractivity contribution is -0.117. The van der Waals surface area contributed by atoms with Crippen LogP contribution in [0.2, 0.25) is 0 Å². The van der Waals surface area contributed by atoms with Crippen LogP contribution < -0.4 is 20.1 Å². The number of hydrogen-bond donors (Lipinski definition) is 2. The van der Waals surface area contributed by atoms with E-state index in [1.54, 1.807) is 18.2 Å². The van der Waals surface area contributed by atoms with Crippen LogP contribution in [0.25, 0.3) is 0 Å². The molecule has 0 saturated heterocycles. The monoisotopic (exact) mass is 406 g/mol. The van der Waals surface area contributed by atoms with Gasteiger partial charge < -0.3 is 20.1 Å². The van der Waals surface area contributed by atoms with Crippen molar-refractivity contribution in [3.05, 3.63) is 53.6 Å². The number of amides is 2. The largest absolute Gasteiger partial charge is 0.454 e. The Morgan fingerprint density at radius 2 is 1.87 bits per heavy atom. The zero-order valence-corrected chi connectivity index (χ0v) is 16.9. The van der Waals surface area contributed by atoms with Crippen molar-refractivity contribution < 1.29 is 19.1 Å². The average Bonchev–Trinajstić information content (AvgIpc) is 3.49. The maximum absolute atomic E-state index is 12.8. The summed E-state index contributed by atoms with van der Waals surface area (Å²) in [5, 5.41) is 5.90. The van der Waals surface area contributed by atoms with Gasteiger partial charge in [-0.1, -0.05) is 24.6 Å². The van der Waals surface area contributed by atoms with E-state index in [-0.39, 0.29) is 18.6 Å². The topological polar surface area (TPSA) is 76.7 Å². The molecule has 2 N–H and O–H groups in total. The van der Waals surface area contributed by atoms with Crippen LogP contribution in [-0.4, -0.2) is 18.6 Å². The van der Waals surface area contributed by atoms with E-state index in [4.69, 9.17) is 9.47 Å². The number of nitrogens with one attached hydrogen (secondary N) is 2. The molecule has 6 nitrogen and oxygen atoms in total. The standard InChI is InChI=1S/C24H26N2O4/c27-23(12-18-10-15-5-7-17(18)9-15)26-20-4-2-1-3-19(20)24(28)25-13-16-6-8-21-22(11-16)30-14-29-21/h1-4,6,8,11,15,17-18H,5,7,9-10,12-14H2,(H,25,28)(H,26,27). The maximum atomic E-state index is 12.8. The minimum Gasteiger partial charge on any atom is -0.454 e. The van der Waals surface area contributed by atoms with E-state index in [1.165, 1.54) is 25.7 Å². The van der Waals surface area contributed by atoms with Crippen molar-refractivity contribution in [2.45, 2.75) is 38.6 Å². The smallest absolute Gasteiger partial charge is 0.253 e. The van der Waals surface area contributed by atoms with Gasteiger partial charge in [-0.25, -0.2) is 0 Å². The normalized spacial score (nSPS) is 23.4. The van der Waals surface area contributed by atoms with Gasteiger partial charge in [0, 0.05) is 13.0 Å². The highest BCUT2D eigenvalue weighted by atomic mass is 16.7. The lowest BCUT2D eigenvalue weighted by Gasteiger charge is -2.21. The van der Waals surface area contributed by atoms with Crippen molar-refractivity contribution in [2.75, 3.05) is 12.1 Å². The Morgan fingerprint density at radius 3 is 2.70 bits per heavy atom. The van der Waals surface area contributed by atoms with Crippen molar-refractivity contribution in [1.82, 2.24) is 5.32 Å². The molecule has 5 rings (SSSR count). The predicted octanol–water partition coefficient (Wildman–Crippen LogP) is 4.11. The molecule has 6 heteroatoms. The van der Waals surface area contributed by atoms with Crippen LogP contribution in [0.3, 0.4) is 0 Å². The quantitative estimate of drug-likeness (QED) is 0.757. The van der Waals surface area contributed by atoms with E-state index >= 15 is 0 Å². The number of benzene rings is 2. The zero-order chi connectivity index (χ0) is 20.5. The van der Waals surface area contributed by atoms with Gasteiger partial charge in [0.15, 0.2) is 11.5 Å². The molecular formula is C24H26N2O4. The summed E-state index contributed by atoms with van der Waals surface area (Å²) in [6, 6.07) is 12.8. The molecule has 2 aromatic carbocycles. The molecular weight excluding hydrogens is 380 g/mol. The van der Waals surface area contributed by atoms with Crippen LogP contribution in [0.4, 0.5) is 5.69 Å². The third-order valence-corrected chi connectivity index (χ3v) is 6.67. The highest BCUT2D eigenvalue weighted by Crippen LogP contribution is 2.49. The number of carbonyl (C=O) groups is 2. The van der Waals surface area contributed by atoms with Crippen molar-refractivity contribution in [2.24, 2.45) is 17.8 Å². The van der Waals surface area contributed by atoms with Crippen LogP contribution in [0.15, 0.2) is 42.5 Å². The molecule has 1 heterocycles. The third kappa shape index (κ3) is 3.86. The summed E-state index contributed by atoms with van der Waals surface area (Å²) in [4.78, 5) is 25.4. The number of fused-ring (bicyclic) bond motifs is 3. The summed E-state index contributed by atoms with van der Waals surface area (Å²) in [5.41, 5.74) is 1.96. The molecule has 3 atom stereocenters. The number of para-hydroxylation sites is 1. The molecule has 0 radical (unpaired) electrons. The predicted molar refractivity (Wildman–Crippen MR) is 112 cm³/mol. The van der Waals surface area contributed by atoms with Gasteiger partial charge in [-0.3, -0.25) is 9.59 Å². The van der Waals surface area contributed by atoms with Gasteiger partial charge in [0.25, 0.3) is 5.91 Å². The minimum absolute atomic E-state index is 0.00331. The van der Waals surface area contributed by atoms with E-state index in [0.717, 1.165) is 11.5 Å². The number of carbonyl (C=O) groups excluding carboxylic acids is 2. The second-order valence-corrected chi connectivity index (χ2v) is 8.60. The first-order valence-corrected chi connectivity index (χ1v) is 10.7. The van der Waals surface area contributed by atoms with E-state index in [9.17, 15) is 9.59 Å². The van der Waals surface area contributed by atoms with Crippen molar-refractivity contribution in [3.8, 4) is 11.5 Å². The molecule has 156 valence electrons. The molecule has 0 spiro atoms. The third-order valence-electron chi connectivity index (χ3n) is 6.67. The first-order chi connectivity index (χ1) is 14.7. The van der Waals surface area contributed by atoms with Crippen LogP contribution >= 0.6 is 0 Å². The highest BCUT2D eigenvalue weighted by molar-refractivity contribution is 6.03. The molecule has 2 fully saturated rings. The number of rotatable bonds is 6. The Bertz CT molecular complexity index is 973. The fourth-order valence-electron chi connectivity index (χ4n) is 5.18. The Labute approximate surface area is 176 Å². The van der Waals surface area contributed by atoms with Gasteiger partial charge in [0.05, 0.1) is 11.3 Å². The maximum Gasteiger partial charge on any atom is 0.253 e. The summed E-state index contributed by atoms with van der Waals surface area (Å²) in [6.45, 7) is 0.587. The van der Waals surface area contributed by atoms with Gasteiger partial charge in [-0.05, 0) is 66.8 Å². The van der Waals surface area contributed by atoms with Crippen molar-refractivity contribution in [3.63, 3.8) is 0 Å². The first-order valence-electron chi connectivity index (χ1n) is 10.7. The number of hydrogen-bond acceptors (Lipinski definition) is 4. The highest BCUT2D eigenvalue weighted by Gasteiger charge is 2.40. The molecule has 0 aromatic heterocycles. The SMILES string of the molecule is O=C(CC1CC2CCC1C2)Nc1ccccc1C(=O)NCc1ccc2c(c1)OCO2. The molecule has 2 aromatic rings. The Kier molecular flexibility index (Phi) is 5.07. The molecule has 2 amide bonds. The molecule has 3 unspecified atom stereocenters. The first kappa shape index (κ1) is 19.0. The summed E-state index contributed by atoms with van der Waals surface area (Å²) in [5.74, 6) is 3.22. The van der Waals surface area contributed by atoms with E-state index in [1.807, 2.05) is 24.3 Å². The number of anilines is 1. The summed E-state index contributed by atoms with van der Waals surface area (Å²) in [6.07, 6.45) is 5.61. The summed E-state index contributed by atoms with van der Waals surface area (Å²) in [7, 11) is 0. The fraction of sp³-hybridized carbons (Fsp3) is 0.417. The van der Waals surface area contributed by atoms with E-state index in [2.05, 4.69) is 10.6 Å². The van der Waals surface area contributed by atoms with E-state index in [0.29, 0.717) is 47.6 Å². The lowest BCUT2D eigenvalue weighted by atomic mass is 9.86. The molecule has 3 aliphatic rings. The van der Waals surface area contributed by atoms with Crippen LogP contribution in [0.1, 0.15) is 48.0 Å². The van der Waals surface area contributed by atoms with Crippen molar-refractivity contribution >= 4 is 17.5 Å². The van der Waals surface area contributed by atoms with Gasteiger partial charge in [-0.15, -0.1) is 0 Å². The Morgan fingerprint density at radius 1 is 1.00 bits per heavy atom. The number of ether oxygens (including phenoxy) is 2. The summed E-state index contributed by atoms with van der Waals surface area (Å²) >= 11 is 0. The Balaban J connectivity index is 1.20. The molecule has 2 aliphatic carbocycles. The van der Waals surface area contributed by atoms with Crippen LogP contribution in [0, 0.1) is 17.8 Å². The Hall–Kier alpha value is -3.02. The second kappa shape index (κ2) is 8.01.